The summed E-state index contributed by atoms with van der Waals surface area (Å²) in [4.78, 5) is 53.9. The van der Waals surface area contributed by atoms with Crippen LogP contribution < -0.4 is 0 Å². The summed E-state index contributed by atoms with van der Waals surface area (Å²) in [7, 11) is 0. The highest BCUT2D eigenvalue weighted by molar-refractivity contribution is 6.30. The molecule has 192 valence electrons. The molecular weight excluding hydrogens is 512 g/mol. The minimum atomic E-state index is -0.697. The number of nitrogens with one attached hydrogen (secondary N) is 1. The van der Waals surface area contributed by atoms with Gasteiger partial charge in [-0.15, -0.1) is 0 Å². The third-order valence-electron chi connectivity index (χ3n) is 7.05. The standard InChI is InChI=1S/C31H23ClN4O3/c32-22-10-11-24-21(14-22)15-28(37)27(16-23-4-1-2-12-33-23)36(31(24)39)18-19-6-8-20(9-7-19)30(38)25-17-35-26-5-3-13-34-29(25)26/h1-14,17,27,35H,15-16,18H2/t27-/m1/s1. The highest BCUT2D eigenvalue weighted by atomic mass is 35.5. The van der Waals surface area contributed by atoms with E-state index in [-0.39, 0.29) is 30.4 Å². The lowest BCUT2D eigenvalue weighted by Crippen LogP contribution is -2.44. The third kappa shape index (κ3) is 4.84. The minimum absolute atomic E-state index is 0.0753. The predicted octanol–water partition coefficient (Wildman–Crippen LogP) is 5.22. The van der Waals surface area contributed by atoms with Crippen molar-refractivity contribution in [1.82, 2.24) is 19.9 Å². The highest BCUT2D eigenvalue weighted by Gasteiger charge is 2.35. The second-order valence-electron chi connectivity index (χ2n) is 9.55. The molecule has 1 atom stereocenters. The Labute approximate surface area is 229 Å². The molecule has 0 aliphatic carbocycles. The molecule has 1 N–H and O–H groups in total. The van der Waals surface area contributed by atoms with Gasteiger partial charge in [0.05, 0.1) is 22.6 Å². The van der Waals surface area contributed by atoms with Crippen LogP contribution in [0.1, 0.15) is 43.1 Å². The average Bonchev–Trinajstić information content (AvgIpc) is 3.36. The topological polar surface area (TPSA) is 96.0 Å². The molecule has 2 aromatic carbocycles. The Morgan fingerprint density at radius 1 is 0.974 bits per heavy atom. The number of amides is 1. The lowest BCUT2D eigenvalue weighted by atomic mass is 9.99. The fourth-order valence-corrected chi connectivity index (χ4v) is 5.25. The number of rotatable bonds is 6. The zero-order chi connectivity index (χ0) is 26.9. The van der Waals surface area contributed by atoms with Gasteiger partial charge in [0.25, 0.3) is 5.91 Å². The number of aromatic nitrogens is 3. The maximum Gasteiger partial charge on any atom is 0.255 e. The Balaban J connectivity index is 1.31. The van der Waals surface area contributed by atoms with Crippen LogP contribution >= 0.6 is 11.6 Å². The Bertz CT molecular complexity index is 1710. The predicted molar refractivity (Wildman–Crippen MR) is 148 cm³/mol. The van der Waals surface area contributed by atoms with Crippen LogP contribution in [0.2, 0.25) is 5.02 Å². The quantitative estimate of drug-likeness (QED) is 0.301. The van der Waals surface area contributed by atoms with E-state index in [0.29, 0.717) is 39.2 Å². The normalized spacial score (nSPS) is 15.3. The molecule has 0 radical (unpaired) electrons. The van der Waals surface area contributed by atoms with E-state index >= 15 is 0 Å². The summed E-state index contributed by atoms with van der Waals surface area (Å²) in [5, 5.41) is 0.481. The second-order valence-corrected chi connectivity index (χ2v) is 9.98. The lowest BCUT2D eigenvalue weighted by molar-refractivity contribution is -0.122. The van der Waals surface area contributed by atoms with E-state index in [1.807, 2.05) is 42.5 Å². The van der Waals surface area contributed by atoms with Crippen LogP contribution in [-0.4, -0.2) is 43.4 Å². The van der Waals surface area contributed by atoms with Gasteiger partial charge in [-0.05, 0) is 53.6 Å². The Kier molecular flexibility index (Phi) is 6.50. The SMILES string of the molecule is O=C(c1ccc(CN2C(=O)c3ccc(Cl)cc3CC(=O)[C@H]2Cc2ccccn2)cc1)c1c[nH]c2cccnc12. The van der Waals surface area contributed by atoms with Crippen LogP contribution in [0, 0.1) is 0 Å². The van der Waals surface area contributed by atoms with Gasteiger partial charge in [-0.2, -0.15) is 0 Å². The van der Waals surface area contributed by atoms with E-state index in [0.717, 1.165) is 16.8 Å². The van der Waals surface area contributed by atoms with Crippen molar-refractivity contribution < 1.29 is 14.4 Å². The van der Waals surface area contributed by atoms with Crippen LogP contribution in [0.5, 0.6) is 0 Å². The third-order valence-corrected chi connectivity index (χ3v) is 7.28. The molecule has 6 rings (SSSR count). The summed E-state index contributed by atoms with van der Waals surface area (Å²) >= 11 is 6.19. The van der Waals surface area contributed by atoms with Crippen molar-refractivity contribution in [2.75, 3.05) is 0 Å². The number of benzene rings is 2. The van der Waals surface area contributed by atoms with Crippen molar-refractivity contribution in [2.45, 2.75) is 25.4 Å². The second kappa shape index (κ2) is 10.3. The van der Waals surface area contributed by atoms with Crippen LogP contribution in [0.15, 0.2) is 91.4 Å². The van der Waals surface area contributed by atoms with Crippen LogP contribution in [0.25, 0.3) is 11.0 Å². The Hall–Kier alpha value is -4.62. The molecule has 1 aliphatic rings. The van der Waals surface area contributed by atoms with E-state index in [1.165, 1.54) is 0 Å². The summed E-state index contributed by atoms with van der Waals surface area (Å²) < 4.78 is 0. The number of fused-ring (bicyclic) bond motifs is 2. The average molecular weight is 535 g/mol. The molecule has 0 saturated heterocycles. The zero-order valence-electron chi connectivity index (χ0n) is 20.8. The molecule has 0 bridgehead atoms. The molecule has 7 nitrogen and oxygen atoms in total. The van der Waals surface area contributed by atoms with Crippen LogP contribution in [0.3, 0.4) is 0 Å². The number of pyridine rings is 2. The molecule has 1 aliphatic heterocycles. The number of ketones is 2. The van der Waals surface area contributed by atoms with Crippen LogP contribution in [-0.2, 0) is 24.2 Å². The molecule has 0 spiro atoms. The van der Waals surface area contributed by atoms with E-state index in [9.17, 15) is 14.4 Å². The van der Waals surface area contributed by atoms with Crippen molar-refractivity contribution in [3.8, 4) is 0 Å². The molecule has 1 amide bonds. The number of carbonyl (C=O) groups excluding carboxylic acids is 3. The zero-order valence-corrected chi connectivity index (χ0v) is 21.6. The van der Waals surface area contributed by atoms with Crippen LogP contribution in [0.4, 0.5) is 0 Å². The van der Waals surface area contributed by atoms with Gasteiger partial charge < -0.3 is 9.88 Å². The fraction of sp³-hybridized carbons (Fsp3) is 0.129. The number of hydrogen-bond acceptors (Lipinski definition) is 5. The number of halogens is 1. The van der Waals surface area contributed by atoms with Gasteiger partial charge >= 0.3 is 0 Å². The number of Topliss-reactive ketones (excluding diaryl/α,β-unsaturated/α-hetero) is 1. The molecule has 0 fully saturated rings. The summed E-state index contributed by atoms with van der Waals surface area (Å²) in [6.45, 7) is 0.202. The molecular formula is C31H23ClN4O3. The van der Waals surface area contributed by atoms with Gasteiger partial charge in [0.2, 0.25) is 0 Å². The molecule has 4 heterocycles. The maximum absolute atomic E-state index is 13.8. The van der Waals surface area contributed by atoms with Gasteiger partial charge in [-0.25, -0.2) is 0 Å². The van der Waals surface area contributed by atoms with Gasteiger partial charge in [-0.3, -0.25) is 24.4 Å². The van der Waals surface area contributed by atoms with Crippen molar-refractivity contribution in [1.29, 1.82) is 0 Å². The monoisotopic (exact) mass is 534 g/mol. The van der Waals surface area contributed by atoms with Gasteiger partial charge in [0.1, 0.15) is 0 Å². The van der Waals surface area contributed by atoms with Gasteiger partial charge in [0, 0.05) is 59.8 Å². The van der Waals surface area contributed by atoms with E-state index < -0.39 is 6.04 Å². The first kappa shape index (κ1) is 24.7. The summed E-state index contributed by atoms with van der Waals surface area (Å²) in [5.74, 6) is -0.460. The first-order chi connectivity index (χ1) is 19.0. The lowest BCUT2D eigenvalue weighted by Gasteiger charge is -2.29. The number of aromatic amines is 1. The molecule has 3 aromatic heterocycles. The molecule has 8 heteroatoms. The number of nitrogens with zero attached hydrogens (tertiary/aromatic N) is 3. The van der Waals surface area contributed by atoms with Crippen molar-refractivity contribution in [2.24, 2.45) is 0 Å². The number of H-pyrrole nitrogens is 1. The summed E-state index contributed by atoms with van der Waals surface area (Å²) in [6.07, 6.45) is 5.42. The van der Waals surface area contributed by atoms with E-state index in [2.05, 4.69) is 15.0 Å². The molecule has 0 saturated carbocycles. The Morgan fingerprint density at radius 3 is 2.59 bits per heavy atom. The first-order valence-electron chi connectivity index (χ1n) is 12.6. The van der Waals surface area contributed by atoms with Gasteiger partial charge in [-0.1, -0.05) is 41.9 Å². The smallest absolute Gasteiger partial charge is 0.255 e. The van der Waals surface area contributed by atoms with E-state index in [4.69, 9.17) is 11.6 Å². The maximum atomic E-state index is 13.8. The number of carbonyl (C=O) groups is 3. The summed E-state index contributed by atoms with van der Waals surface area (Å²) in [5.41, 5.74) is 5.04. The Morgan fingerprint density at radius 2 is 1.79 bits per heavy atom. The molecule has 5 aromatic rings. The first-order valence-corrected chi connectivity index (χ1v) is 12.9. The van der Waals surface area contributed by atoms with Crippen molar-refractivity contribution in [3.63, 3.8) is 0 Å². The largest absolute Gasteiger partial charge is 0.359 e. The fourth-order valence-electron chi connectivity index (χ4n) is 5.06. The minimum Gasteiger partial charge on any atom is -0.359 e. The number of hydrogen-bond donors (Lipinski definition) is 1. The molecule has 0 unspecified atom stereocenters. The summed E-state index contributed by atoms with van der Waals surface area (Å²) in [6, 6.07) is 20.7. The van der Waals surface area contributed by atoms with Gasteiger partial charge in [0.15, 0.2) is 11.6 Å². The van der Waals surface area contributed by atoms with Crippen molar-refractivity contribution in [3.05, 3.63) is 130 Å². The molecule has 39 heavy (non-hydrogen) atoms. The van der Waals surface area contributed by atoms with Crippen molar-refractivity contribution >= 4 is 40.1 Å². The highest BCUT2D eigenvalue weighted by Crippen LogP contribution is 2.27. The van der Waals surface area contributed by atoms with E-state index in [1.54, 1.807) is 53.8 Å².